The van der Waals surface area contributed by atoms with Gasteiger partial charge in [0, 0.05) is 11.4 Å². The van der Waals surface area contributed by atoms with Crippen molar-refractivity contribution in [1.29, 1.82) is 0 Å². The highest BCUT2D eigenvalue weighted by molar-refractivity contribution is 7.13. The van der Waals surface area contributed by atoms with E-state index < -0.39 is 12.1 Å². The molecule has 1 amide bonds. The van der Waals surface area contributed by atoms with Gasteiger partial charge in [0.15, 0.2) is 6.10 Å². The Morgan fingerprint density at radius 2 is 1.88 bits per heavy atom. The van der Waals surface area contributed by atoms with Gasteiger partial charge in [-0.3, -0.25) is 4.79 Å². The first kappa shape index (κ1) is 18.1. The largest absolute Gasteiger partial charge is 0.449 e. The van der Waals surface area contributed by atoms with Crippen LogP contribution in [0.15, 0.2) is 47.8 Å². The Labute approximate surface area is 156 Å². The van der Waals surface area contributed by atoms with E-state index >= 15 is 0 Å². The average molecular weight is 368 g/mol. The third-order valence-corrected chi connectivity index (χ3v) is 4.69. The van der Waals surface area contributed by atoms with Crippen molar-refractivity contribution in [3.8, 4) is 10.6 Å². The molecule has 1 atom stereocenters. The highest BCUT2D eigenvalue weighted by Gasteiger charge is 2.22. The van der Waals surface area contributed by atoms with E-state index in [0.717, 1.165) is 4.88 Å². The molecule has 3 aromatic rings. The van der Waals surface area contributed by atoms with Crippen LogP contribution in [0, 0.1) is 0 Å². The number of amides is 1. The number of benzene rings is 1. The predicted molar refractivity (Wildman–Crippen MR) is 103 cm³/mol. The van der Waals surface area contributed by atoms with E-state index in [9.17, 15) is 9.59 Å². The van der Waals surface area contributed by atoms with Crippen LogP contribution in [0.4, 0.5) is 0 Å². The SMILES string of the molecule is CC(C)NC(=O)[C@H](C)OC(=O)c1cc(-c2cccs2)nc2ccccc12. The number of aromatic nitrogens is 1. The standard InChI is InChI=1S/C20H20N2O3S/c1-12(2)21-19(23)13(3)25-20(24)15-11-17(18-9-6-10-26-18)22-16-8-5-4-7-14(15)16/h4-13H,1-3H3,(H,21,23)/t13-/m0/s1. The lowest BCUT2D eigenvalue weighted by Gasteiger charge is -2.16. The van der Waals surface area contributed by atoms with Gasteiger partial charge in [-0.1, -0.05) is 24.3 Å². The third-order valence-electron chi connectivity index (χ3n) is 3.79. The van der Waals surface area contributed by atoms with Crippen LogP contribution >= 0.6 is 11.3 Å². The molecule has 0 bridgehead atoms. The second-order valence-corrected chi connectivity index (χ2v) is 7.21. The molecule has 0 saturated heterocycles. The summed E-state index contributed by atoms with van der Waals surface area (Å²) >= 11 is 1.55. The maximum absolute atomic E-state index is 12.8. The summed E-state index contributed by atoms with van der Waals surface area (Å²) in [6.45, 7) is 5.28. The van der Waals surface area contributed by atoms with Gasteiger partial charge < -0.3 is 10.1 Å². The summed E-state index contributed by atoms with van der Waals surface area (Å²) in [5, 5.41) is 5.41. The molecule has 5 nitrogen and oxygen atoms in total. The number of ether oxygens (including phenoxy) is 1. The van der Waals surface area contributed by atoms with Gasteiger partial charge in [-0.25, -0.2) is 9.78 Å². The van der Waals surface area contributed by atoms with E-state index in [-0.39, 0.29) is 11.9 Å². The number of thiophene rings is 1. The molecule has 2 aromatic heterocycles. The van der Waals surface area contributed by atoms with Crippen LogP contribution in [0.3, 0.4) is 0 Å². The van der Waals surface area contributed by atoms with Crippen molar-refractivity contribution < 1.29 is 14.3 Å². The number of carbonyl (C=O) groups is 2. The fourth-order valence-corrected chi connectivity index (χ4v) is 3.26. The summed E-state index contributed by atoms with van der Waals surface area (Å²) < 4.78 is 5.40. The molecule has 6 heteroatoms. The molecule has 134 valence electrons. The predicted octanol–water partition coefficient (Wildman–Crippen LogP) is 4.03. The van der Waals surface area contributed by atoms with Crippen LogP contribution < -0.4 is 5.32 Å². The van der Waals surface area contributed by atoms with Crippen molar-refractivity contribution in [2.45, 2.75) is 32.9 Å². The van der Waals surface area contributed by atoms with Gasteiger partial charge in [0.2, 0.25) is 0 Å². The lowest BCUT2D eigenvalue weighted by molar-refractivity contribution is -0.129. The van der Waals surface area contributed by atoms with Gasteiger partial charge in [-0.15, -0.1) is 11.3 Å². The van der Waals surface area contributed by atoms with Crippen molar-refractivity contribution in [1.82, 2.24) is 10.3 Å². The number of esters is 1. The van der Waals surface area contributed by atoms with Crippen molar-refractivity contribution >= 4 is 34.1 Å². The first-order valence-electron chi connectivity index (χ1n) is 8.40. The Kier molecular flexibility index (Phi) is 5.32. The van der Waals surface area contributed by atoms with Crippen LogP contribution in [-0.2, 0) is 9.53 Å². The van der Waals surface area contributed by atoms with Gasteiger partial charge in [-0.05, 0) is 44.4 Å². The Hall–Kier alpha value is -2.73. The van der Waals surface area contributed by atoms with Crippen molar-refractivity contribution in [3.05, 3.63) is 53.4 Å². The van der Waals surface area contributed by atoms with E-state index in [4.69, 9.17) is 4.74 Å². The van der Waals surface area contributed by atoms with E-state index in [2.05, 4.69) is 10.3 Å². The molecule has 1 N–H and O–H groups in total. The van der Waals surface area contributed by atoms with Crippen LogP contribution in [0.5, 0.6) is 0 Å². The zero-order valence-corrected chi connectivity index (χ0v) is 15.7. The molecular formula is C20H20N2O3S. The molecule has 0 spiro atoms. The second-order valence-electron chi connectivity index (χ2n) is 6.26. The highest BCUT2D eigenvalue weighted by Crippen LogP contribution is 2.28. The topological polar surface area (TPSA) is 68.3 Å². The fourth-order valence-electron chi connectivity index (χ4n) is 2.57. The molecule has 0 aliphatic rings. The van der Waals surface area contributed by atoms with Crippen LogP contribution in [0.1, 0.15) is 31.1 Å². The highest BCUT2D eigenvalue weighted by atomic mass is 32.1. The molecule has 2 heterocycles. The summed E-state index contributed by atoms with van der Waals surface area (Å²) in [5.41, 5.74) is 1.83. The molecule has 0 radical (unpaired) electrons. The summed E-state index contributed by atoms with van der Waals surface area (Å²) in [4.78, 5) is 30.4. The Bertz CT molecular complexity index is 935. The van der Waals surface area contributed by atoms with Gasteiger partial charge in [0.05, 0.1) is 21.7 Å². The molecule has 3 rings (SSSR count). The minimum absolute atomic E-state index is 0.0177. The molecular weight excluding hydrogens is 348 g/mol. The third kappa shape index (κ3) is 3.91. The fraction of sp³-hybridized carbons (Fsp3) is 0.250. The minimum atomic E-state index is -0.873. The number of nitrogens with one attached hydrogen (secondary N) is 1. The summed E-state index contributed by atoms with van der Waals surface area (Å²) in [6.07, 6.45) is -0.873. The molecule has 1 aromatic carbocycles. The number of fused-ring (bicyclic) bond motifs is 1. The number of nitrogens with zero attached hydrogens (tertiary/aromatic N) is 1. The number of pyridine rings is 1. The molecule has 26 heavy (non-hydrogen) atoms. The normalized spacial score (nSPS) is 12.2. The van der Waals surface area contributed by atoms with E-state index in [1.165, 1.54) is 0 Å². The lowest BCUT2D eigenvalue weighted by Crippen LogP contribution is -2.39. The van der Waals surface area contributed by atoms with Gasteiger partial charge >= 0.3 is 5.97 Å². The van der Waals surface area contributed by atoms with Crippen molar-refractivity contribution in [2.75, 3.05) is 0 Å². The summed E-state index contributed by atoms with van der Waals surface area (Å²) in [7, 11) is 0. The maximum Gasteiger partial charge on any atom is 0.339 e. The van der Waals surface area contributed by atoms with E-state index in [0.29, 0.717) is 22.2 Å². The Morgan fingerprint density at radius 1 is 1.12 bits per heavy atom. The maximum atomic E-state index is 12.8. The molecule has 0 aliphatic carbocycles. The van der Waals surface area contributed by atoms with Gasteiger partial charge in [0.25, 0.3) is 5.91 Å². The lowest BCUT2D eigenvalue weighted by atomic mass is 10.1. The minimum Gasteiger partial charge on any atom is -0.449 e. The number of hydrogen-bond acceptors (Lipinski definition) is 5. The zero-order valence-electron chi connectivity index (χ0n) is 14.9. The van der Waals surface area contributed by atoms with Crippen molar-refractivity contribution in [2.24, 2.45) is 0 Å². The van der Waals surface area contributed by atoms with Gasteiger partial charge in [0.1, 0.15) is 0 Å². The molecule has 0 unspecified atom stereocenters. The number of carbonyl (C=O) groups excluding carboxylic acids is 2. The molecule has 0 saturated carbocycles. The van der Waals surface area contributed by atoms with E-state index in [1.54, 1.807) is 24.3 Å². The summed E-state index contributed by atoms with van der Waals surface area (Å²) in [5.74, 6) is -0.849. The molecule has 0 fully saturated rings. The monoisotopic (exact) mass is 368 g/mol. The molecule has 0 aliphatic heterocycles. The zero-order chi connectivity index (χ0) is 18.7. The van der Waals surface area contributed by atoms with Crippen LogP contribution in [0.25, 0.3) is 21.5 Å². The Morgan fingerprint density at radius 3 is 2.58 bits per heavy atom. The quantitative estimate of drug-likeness (QED) is 0.690. The first-order valence-corrected chi connectivity index (χ1v) is 9.28. The number of hydrogen-bond donors (Lipinski definition) is 1. The second kappa shape index (κ2) is 7.66. The van der Waals surface area contributed by atoms with Crippen molar-refractivity contribution in [3.63, 3.8) is 0 Å². The van der Waals surface area contributed by atoms with Crippen LogP contribution in [-0.4, -0.2) is 29.0 Å². The average Bonchev–Trinajstić information content (AvgIpc) is 3.14. The van der Waals surface area contributed by atoms with E-state index in [1.807, 2.05) is 55.6 Å². The summed E-state index contributed by atoms with van der Waals surface area (Å²) in [6, 6.07) is 13.0. The number of para-hydroxylation sites is 1. The van der Waals surface area contributed by atoms with Gasteiger partial charge in [-0.2, -0.15) is 0 Å². The Balaban J connectivity index is 1.95. The first-order chi connectivity index (χ1) is 12.5. The number of rotatable bonds is 5. The van der Waals surface area contributed by atoms with Crippen LogP contribution in [0.2, 0.25) is 0 Å². The smallest absolute Gasteiger partial charge is 0.339 e.